The van der Waals surface area contributed by atoms with Gasteiger partial charge < -0.3 is 15.3 Å². The third-order valence-electron chi connectivity index (χ3n) is 0.459. The molecule has 3 N–H and O–H groups in total. The number of hydrogen-bond donors (Lipinski definition) is 3. The van der Waals surface area contributed by atoms with Gasteiger partial charge >= 0.3 is 0 Å². The summed E-state index contributed by atoms with van der Waals surface area (Å²) in [6.07, 6.45) is 0.532. The standard InChI is InChI=1S/C4H8O2.C2H4O2/c1-2-4(6)3-5;1-2(3)4/h2,4-6H,1,3H2;1H3,(H,3,4). The summed E-state index contributed by atoms with van der Waals surface area (Å²) in [6.45, 7) is 4.07. The molecule has 0 radical (unpaired) electrons. The van der Waals surface area contributed by atoms with Crippen LogP contribution in [0.15, 0.2) is 12.7 Å². The van der Waals surface area contributed by atoms with E-state index in [-0.39, 0.29) is 6.61 Å². The van der Waals surface area contributed by atoms with Crippen molar-refractivity contribution < 1.29 is 20.1 Å². The highest BCUT2D eigenvalue weighted by Gasteiger charge is 1.87. The van der Waals surface area contributed by atoms with Crippen LogP contribution in [0.2, 0.25) is 0 Å². The maximum absolute atomic E-state index is 9.00. The number of carbonyl (C=O) groups is 1. The summed E-state index contributed by atoms with van der Waals surface area (Å²) in [5.41, 5.74) is 0. The number of carboxylic acids is 1. The average molecular weight is 148 g/mol. The summed E-state index contributed by atoms with van der Waals surface area (Å²) < 4.78 is 0. The van der Waals surface area contributed by atoms with Crippen LogP contribution in [0.4, 0.5) is 0 Å². The second-order valence-corrected chi connectivity index (χ2v) is 1.50. The van der Waals surface area contributed by atoms with Gasteiger partial charge in [0.1, 0.15) is 0 Å². The number of aliphatic hydroxyl groups excluding tert-OH is 2. The predicted molar refractivity (Wildman–Crippen MR) is 36.6 cm³/mol. The molecule has 1 unspecified atom stereocenters. The Labute approximate surface area is 59.4 Å². The Morgan fingerprint density at radius 1 is 1.80 bits per heavy atom. The first-order valence-electron chi connectivity index (χ1n) is 2.65. The van der Waals surface area contributed by atoms with Crippen molar-refractivity contribution in [3.05, 3.63) is 12.7 Å². The van der Waals surface area contributed by atoms with Crippen molar-refractivity contribution in [2.45, 2.75) is 13.0 Å². The Kier molecular flexibility index (Phi) is 9.65. The van der Waals surface area contributed by atoms with Crippen LogP contribution in [0.25, 0.3) is 0 Å². The molecule has 0 rings (SSSR count). The Morgan fingerprint density at radius 2 is 2.10 bits per heavy atom. The van der Waals surface area contributed by atoms with E-state index in [4.69, 9.17) is 20.1 Å². The smallest absolute Gasteiger partial charge is 0.300 e. The number of aliphatic hydroxyl groups is 2. The van der Waals surface area contributed by atoms with Crippen LogP contribution in [0, 0.1) is 0 Å². The van der Waals surface area contributed by atoms with Crippen molar-refractivity contribution in [3.8, 4) is 0 Å². The highest BCUT2D eigenvalue weighted by Crippen LogP contribution is 1.75. The second kappa shape index (κ2) is 8.13. The summed E-state index contributed by atoms with van der Waals surface area (Å²) in [7, 11) is 0. The van der Waals surface area contributed by atoms with Crippen LogP contribution in [0.5, 0.6) is 0 Å². The zero-order valence-corrected chi connectivity index (χ0v) is 5.82. The molecule has 0 bridgehead atoms. The zero-order chi connectivity index (χ0) is 8.57. The third-order valence-corrected chi connectivity index (χ3v) is 0.459. The lowest BCUT2D eigenvalue weighted by Crippen LogP contribution is -2.05. The second-order valence-electron chi connectivity index (χ2n) is 1.50. The van der Waals surface area contributed by atoms with Crippen molar-refractivity contribution in [1.29, 1.82) is 0 Å². The minimum Gasteiger partial charge on any atom is -0.481 e. The molecule has 0 aromatic rings. The Bertz CT molecular complexity index is 95.9. The van der Waals surface area contributed by atoms with E-state index in [0.29, 0.717) is 0 Å². The van der Waals surface area contributed by atoms with E-state index >= 15 is 0 Å². The molecule has 0 amide bonds. The molecule has 10 heavy (non-hydrogen) atoms. The molecular formula is C6H12O4. The fourth-order valence-electron chi connectivity index (χ4n) is 0.0745. The normalized spacial score (nSPS) is 10.7. The van der Waals surface area contributed by atoms with E-state index in [1.807, 2.05) is 0 Å². The predicted octanol–water partition coefficient (Wildman–Crippen LogP) is -0.384. The molecule has 0 aliphatic carbocycles. The van der Waals surface area contributed by atoms with Gasteiger partial charge in [0.25, 0.3) is 5.97 Å². The van der Waals surface area contributed by atoms with Gasteiger partial charge in [0.15, 0.2) is 0 Å². The lowest BCUT2D eigenvalue weighted by atomic mass is 10.4. The molecule has 0 aromatic heterocycles. The molecule has 0 aromatic carbocycles. The van der Waals surface area contributed by atoms with E-state index in [1.165, 1.54) is 6.08 Å². The highest BCUT2D eigenvalue weighted by atomic mass is 16.4. The highest BCUT2D eigenvalue weighted by molar-refractivity contribution is 5.62. The van der Waals surface area contributed by atoms with Gasteiger partial charge in [0, 0.05) is 6.92 Å². The first-order valence-corrected chi connectivity index (χ1v) is 2.65. The van der Waals surface area contributed by atoms with Gasteiger partial charge in [-0.25, -0.2) is 0 Å². The minimum absolute atomic E-state index is 0.233. The molecule has 60 valence electrons. The average Bonchev–Trinajstić information content (AvgIpc) is 1.85. The summed E-state index contributed by atoms with van der Waals surface area (Å²) in [4.78, 5) is 9.00. The number of hydrogen-bond acceptors (Lipinski definition) is 3. The van der Waals surface area contributed by atoms with Gasteiger partial charge in [-0.15, -0.1) is 6.58 Å². The quantitative estimate of drug-likeness (QED) is 0.466. The number of aliphatic carboxylic acids is 1. The lowest BCUT2D eigenvalue weighted by Gasteiger charge is -1.93. The largest absolute Gasteiger partial charge is 0.481 e. The maximum atomic E-state index is 9.00. The molecular weight excluding hydrogens is 136 g/mol. The molecule has 0 heterocycles. The molecule has 0 saturated heterocycles. The van der Waals surface area contributed by atoms with E-state index in [0.717, 1.165) is 6.92 Å². The molecule has 0 saturated carbocycles. The van der Waals surface area contributed by atoms with E-state index < -0.39 is 12.1 Å². The van der Waals surface area contributed by atoms with Gasteiger partial charge in [0.05, 0.1) is 12.7 Å². The van der Waals surface area contributed by atoms with Crippen molar-refractivity contribution in [1.82, 2.24) is 0 Å². The van der Waals surface area contributed by atoms with Gasteiger partial charge in [-0.3, -0.25) is 4.79 Å². The van der Waals surface area contributed by atoms with Crippen molar-refractivity contribution in [2.75, 3.05) is 6.61 Å². The molecule has 0 aliphatic heterocycles. The van der Waals surface area contributed by atoms with Crippen molar-refractivity contribution >= 4 is 5.97 Å². The van der Waals surface area contributed by atoms with E-state index in [1.54, 1.807) is 0 Å². The third kappa shape index (κ3) is 27.3. The van der Waals surface area contributed by atoms with Crippen LogP contribution in [0.3, 0.4) is 0 Å². The van der Waals surface area contributed by atoms with Crippen LogP contribution in [-0.4, -0.2) is 34.0 Å². The molecule has 0 fully saturated rings. The zero-order valence-electron chi connectivity index (χ0n) is 5.82. The molecule has 0 spiro atoms. The van der Waals surface area contributed by atoms with E-state index in [9.17, 15) is 0 Å². The van der Waals surface area contributed by atoms with Crippen LogP contribution in [0.1, 0.15) is 6.92 Å². The topological polar surface area (TPSA) is 77.8 Å². The molecule has 0 aliphatic rings. The Morgan fingerprint density at radius 3 is 2.10 bits per heavy atom. The monoisotopic (exact) mass is 148 g/mol. The summed E-state index contributed by atoms with van der Waals surface area (Å²) in [6, 6.07) is 0. The van der Waals surface area contributed by atoms with Gasteiger partial charge in [-0.2, -0.15) is 0 Å². The Hall–Kier alpha value is -0.870. The summed E-state index contributed by atoms with van der Waals surface area (Å²) in [5.74, 6) is -0.833. The first-order chi connectivity index (χ1) is 4.54. The molecule has 4 nitrogen and oxygen atoms in total. The Balaban J connectivity index is 0. The SMILES string of the molecule is C=CC(O)CO.CC(=O)O. The summed E-state index contributed by atoms with van der Waals surface area (Å²) >= 11 is 0. The number of carboxylic acid groups (broad SMARTS) is 1. The van der Waals surface area contributed by atoms with Crippen molar-refractivity contribution in [2.24, 2.45) is 0 Å². The van der Waals surface area contributed by atoms with Crippen LogP contribution >= 0.6 is 0 Å². The lowest BCUT2D eigenvalue weighted by molar-refractivity contribution is -0.134. The van der Waals surface area contributed by atoms with Crippen molar-refractivity contribution in [3.63, 3.8) is 0 Å². The van der Waals surface area contributed by atoms with Crippen LogP contribution in [-0.2, 0) is 4.79 Å². The van der Waals surface area contributed by atoms with Gasteiger partial charge in [-0.05, 0) is 0 Å². The van der Waals surface area contributed by atoms with Crippen LogP contribution < -0.4 is 0 Å². The van der Waals surface area contributed by atoms with Gasteiger partial charge in [-0.1, -0.05) is 6.08 Å². The molecule has 4 heteroatoms. The van der Waals surface area contributed by atoms with E-state index in [2.05, 4.69) is 6.58 Å². The fraction of sp³-hybridized carbons (Fsp3) is 0.500. The molecule has 1 atom stereocenters. The van der Waals surface area contributed by atoms with Gasteiger partial charge in [0.2, 0.25) is 0 Å². The summed E-state index contributed by atoms with van der Waals surface area (Å²) in [5, 5.41) is 23.7. The maximum Gasteiger partial charge on any atom is 0.300 e. The minimum atomic E-state index is -0.833. The number of rotatable bonds is 2. The first kappa shape index (κ1) is 11.9. The fourth-order valence-corrected chi connectivity index (χ4v) is 0.0745.